The van der Waals surface area contributed by atoms with E-state index < -0.39 is 0 Å². The molecule has 2 aromatic rings. The van der Waals surface area contributed by atoms with Gasteiger partial charge in [0.05, 0.1) is 0 Å². The molecule has 112 valence electrons. The predicted molar refractivity (Wildman–Crippen MR) is 76.9 cm³/mol. The number of benzene rings is 1. The third-order valence-corrected chi connectivity index (χ3v) is 4.23. The predicted octanol–water partition coefficient (Wildman–Crippen LogP) is 2.03. The van der Waals surface area contributed by atoms with Crippen LogP contribution >= 0.6 is 11.8 Å². The lowest BCUT2D eigenvalue weighted by Crippen LogP contribution is -2.56. The largest absolute Gasteiger partial charge is 0.454 e. The van der Waals surface area contributed by atoms with Crippen LogP contribution in [-0.2, 0) is 5.75 Å². The molecule has 1 atom stereocenters. The molecule has 3 rings (SSSR count). The molecule has 3 N–H and O–H groups in total. The summed E-state index contributed by atoms with van der Waals surface area (Å²) in [5.74, 6) is 3.29. The Labute approximate surface area is 127 Å². The SMILES string of the molecule is CC(C)[C@H]([NH3+])c1nnc(SCc2ccc3c(c2)OCO3)o1. The number of fused-ring (bicyclic) bond motifs is 1. The van der Waals surface area contributed by atoms with Crippen molar-refractivity contribution in [2.75, 3.05) is 6.79 Å². The molecule has 6 nitrogen and oxygen atoms in total. The highest BCUT2D eigenvalue weighted by Gasteiger charge is 2.21. The number of thioether (sulfide) groups is 1. The van der Waals surface area contributed by atoms with Gasteiger partial charge in [-0.25, -0.2) is 0 Å². The molecule has 0 fully saturated rings. The summed E-state index contributed by atoms with van der Waals surface area (Å²) in [4.78, 5) is 0. The Morgan fingerprint density at radius 1 is 1.24 bits per heavy atom. The number of rotatable bonds is 5. The lowest BCUT2D eigenvalue weighted by molar-refractivity contribution is -0.443. The Bertz CT molecular complexity index is 630. The van der Waals surface area contributed by atoms with Crippen LogP contribution in [0, 0.1) is 5.92 Å². The molecule has 1 aromatic heterocycles. The smallest absolute Gasteiger partial charge is 0.277 e. The number of quaternary nitrogens is 1. The van der Waals surface area contributed by atoms with E-state index in [1.165, 1.54) is 11.8 Å². The summed E-state index contributed by atoms with van der Waals surface area (Å²) in [5, 5.41) is 8.69. The van der Waals surface area contributed by atoms with Crippen molar-refractivity contribution >= 4 is 11.8 Å². The van der Waals surface area contributed by atoms with Crippen molar-refractivity contribution < 1.29 is 19.6 Å². The molecule has 0 unspecified atom stereocenters. The maximum Gasteiger partial charge on any atom is 0.277 e. The molecule has 0 saturated heterocycles. The minimum absolute atomic E-state index is 0.0254. The molecule has 21 heavy (non-hydrogen) atoms. The van der Waals surface area contributed by atoms with Crippen molar-refractivity contribution in [1.29, 1.82) is 0 Å². The normalized spacial score (nSPS) is 14.7. The Hall–Kier alpha value is -1.73. The summed E-state index contributed by atoms with van der Waals surface area (Å²) in [6, 6.07) is 5.93. The average Bonchev–Trinajstić information content (AvgIpc) is 3.12. The lowest BCUT2D eigenvalue weighted by Gasteiger charge is -2.06. The van der Waals surface area contributed by atoms with Crippen LogP contribution in [0.25, 0.3) is 0 Å². The fourth-order valence-electron chi connectivity index (χ4n) is 1.89. The molecule has 1 aromatic carbocycles. The van der Waals surface area contributed by atoms with Gasteiger partial charge in [0, 0.05) is 11.7 Å². The minimum Gasteiger partial charge on any atom is -0.454 e. The lowest BCUT2D eigenvalue weighted by atomic mass is 10.1. The molecule has 0 spiro atoms. The average molecular weight is 308 g/mol. The van der Waals surface area contributed by atoms with Gasteiger partial charge in [0.25, 0.3) is 11.1 Å². The number of hydrogen-bond acceptors (Lipinski definition) is 6. The van der Waals surface area contributed by atoms with Crippen molar-refractivity contribution in [3.8, 4) is 11.5 Å². The first-order chi connectivity index (χ1) is 10.1. The first-order valence-corrected chi connectivity index (χ1v) is 7.80. The molecule has 0 radical (unpaired) electrons. The molecule has 0 bridgehead atoms. The van der Waals surface area contributed by atoms with E-state index in [9.17, 15) is 0 Å². The van der Waals surface area contributed by atoms with Crippen LogP contribution in [0.2, 0.25) is 0 Å². The van der Waals surface area contributed by atoms with E-state index >= 15 is 0 Å². The van der Waals surface area contributed by atoms with Gasteiger partial charge in [-0.3, -0.25) is 0 Å². The fourth-order valence-corrected chi connectivity index (χ4v) is 2.60. The summed E-state index contributed by atoms with van der Waals surface area (Å²) >= 11 is 1.50. The first-order valence-electron chi connectivity index (χ1n) is 6.81. The Morgan fingerprint density at radius 2 is 2.05 bits per heavy atom. The molecular formula is C14H18N3O3S+. The van der Waals surface area contributed by atoms with E-state index in [2.05, 4.69) is 29.8 Å². The van der Waals surface area contributed by atoms with Gasteiger partial charge >= 0.3 is 0 Å². The Kier molecular flexibility index (Phi) is 4.03. The molecule has 2 heterocycles. The summed E-state index contributed by atoms with van der Waals surface area (Å²) < 4.78 is 16.3. The van der Waals surface area contributed by atoms with E-state index in [-0.39, 0.29) is 6.04 Å². The van der Waals surface area contributed by atoms with Crippen LogP contribution in [0.1, 0.15) is 31.3 Å². The molecular weight excluding hydrogens is 290 g/mol. The maximum absolute atomic E-state index is 5.64. The van der Waals surface area contributed by atoms with Crippen LogP contribution in [0.4, 0.5) is 0 Å². The van der Waals surface area contributed by atoms with Crippen LogP contribution in [-0.4, -0.2) is 17.0 Å². The highest BCUT2D eigenvalue weighted by atomic mass is 32.2. The van der Waals surface area contributed by atoms with Crippen LogP contribution in [0.15, 0.2) is 27.8 Å². The van der Waals surface area contributed by atoms with Crippen LogP contribution in [0.5, 0.6) is 11.5 Å². The molecule has 1 aliphatic heterocycles. The van der Waals surface area contributed by atoms with Gasteiger partial charge in [-0.15, -0.1) is 10.2 Å². The van der Waals surface area contributed by atoms with E-state index in [1.54, 1.807) is 0 Å². The fraction of sp³-hybridized carbons (Fsp3) is 0.429. The van der Waals surface area contributed by atoms with Gasteiger partial charge in [0.2, 0.25) is 6.79 Å². The summed E-state index contributed by atoms with van der Waals surface area (Å²) in [6.07, 6.45) is 0. The third kappa shape index (κ3) is 3.14. The van der Waals surface area contributed by atoms with Crippen molar-refractivity contribution in [2.45, 2.75) is 30.9 Å². The standard InChI is InChI=1S/C14H17N3O3S/c1-8(2)12(15)13-16-17-14(20-13)21-6-9-3-4-10-11(5-9)19-7-18-10/h3-5,8,12H,6-7,15H2,1-2H3/p+1/t12-/m0/s1. The highest BCUT2D eigenvalue weighted by molar-refractivity contribution is 7.98. The van der Waals surface area contributed by atoms with Crippen molar-refractivity contribution in [2.24, 2.45) is 5.92 Å². The molecule has 1 aliphatic rings. The summed E-state index contributed by atoms with van der Waals surface area (Å²) in [5.41, 5.74) is 5.17. The second kappa shape index (κ2) is 5.95. The van der Waals surface area contributed by atoms with E-state index in [0.29, 0.717) is 23.8 Å². The monoisotopic (exact) mass is 308 g/mol. The summed E-state index contributed by atoms with van der Waals surface area (Å²) in [7, 11) is 0. The number of ether oxygens (including phenoxy) is 2. The zero-order chi connectivity index (χ0) is 14.8. The number of hydrogen-bond donors (Lipinski definition) is 1. The van der Waals surface area contributed by atoms with Crippen molar-refractivity contribution in [1.82, 2.24) is 10.2 Å². The second-order valence-electron chi connectivity index (χ2n) is 5.23. The topological polar surface area (TPSA) is 85.0 Å². The molecule has 0 aliphatic carbocycles. The van der Waals surface area contributed by atoms with Gasteiger partial charge in [-0.2, -0.15) is 0 Å². The van der Waals surface area contributed by atoms with Gasteiger partial charge in [-0.05, 0) is 17.7 Å². The molecule has 0 saturated carbocycles. The van der Waals surface area contributed by atoms with E-state index in [1.807, 2.05) is 18.2 Å². The number of nitrogens with zero attached hydrogens (tertiary/aromatic N) is 2. The molecule has 0 amide bonds. The Balaban J connectivity index is 1.63. The zero-order valence-corrected chi connectivity index (χ0v) is 12.9. The van der Waals surface area contributed by atoms with Crippen LogP contribution < -0.4 is 15.2 Å². The molecule has 7 heteroatoms. The summed E-state index contributed by atoms with van der Waals surface area (Å²) in [6.45, 7) is 4.46. The van der Waals surface area contributed by atoms with Gasteiger partial charge in [-0.1, -0.05) is 31.7 Å². The van der Waals surface area contributed by atoms with Crippen LogP contribution in [0.3, 0.4) is 0 Å². The van der Waals surface area contributed by atoms with Gasteiger partial charge < -0.3 is 19.6 Å². The Morgan fingerprint density at radius 3 is 2.86 bits per heavy atom. The highest BCUT2D eigenvalue weighted by Crippen LogP contribution is 2.34. The third-order valence-electron chi connectivity index (χ3n) is 3.34. The number of aromatic nitrogens is 2. The quantitative estimate of drug-likeness (QED) is 0.851. The van der Waals surface area contributed by atoms with Crippen molar-refractivity contribution in [3.63, 3.8) is 0 Å². The minimum atomic E-state index is 0.0254. The second-order valence-corrected chi connectivity index (χ2v) is 6.16. The van der Waals surface area contributed by atoms with E-state index in [0.717, 1.165) is 22.8 Å². The zero-order valence-electron chi connectivity index (χ0n) is 12.0. The van der Waals surface area contributed by atoms with Gasteiger partial charge in [0.1, 0.15) is 0 Å². The van der Waals surface area contributed by atoms with Crippen molar-refractivity contribution in [3.05, 3.63) is 29.7 Å². The van der Waals surface area contributed by atoms with Gasteiger partial charge in [0.15, 0.2) is 17.5 Å². The maximum atomic E-state index is 5.64. The van der Waals surface area contributed by atoms with E-state index in [4.69, 9.17) is 13.9 Å². The first kappa shape index (κ1) is 14.2.